The largest absolute Gasteiger partial charge is 0.313 e. The van der Waals surface area contributed by atoms with Gasteiger partial charge in [0.05, 0.1) is 11.0 Å². The Balaban J connectivity index is 1.93. The van der Waals surface area contributed by atoms with Crippen LogP contribution in [0.1, 0.15) is 38.5 Å². The zero-order valence-electron chi connectivity index (χ0n) is 8.54. The van der Waals surface area contributed by atoms with Crippen molar-refractivity contribution in [1.82, 2.24) is 5.32 Å². The monoisotopic (exact) mass is 217 g/mol. The van der Waals surface area contributed by atoms with Gasteiger partial charge in [-0.2, -0.15) is 0 Å². The molecule has 2 rings (SSSR count). The molecule has 1 saturated heterocycles. The van der Waals surface area contributed by atoms with Crippen molar-refractivity contribution in [2.24, 2.45) is 0 Å². The minimum atomic E-state index is -2.81. The molecule has 0 radical (unpaired) electrons. The van der Waals surface area contributed by atoms with E-state index >= 15 is 0 Å². The molecular formula is C10H19NO2S. The first-order chi connectivity index (χ1) is 6.68. The van der Waals surface area contributed by atoms with Gasteiger partial charge >= 0.3 is 0 Å². The van der Waals surface area contributed by atoms with Crippen LogP contribution in [0.3, 0.4) is 0 Å². The number of sulfone groups is 1. The Morgan fingerprint density at radius 3 is 2.36 bits per heavy atom. The van der Waals surface area contributed by atoms with Gasteiger partial charge in [-0.25, -0.2) is 8.42 Å². The Morgan fingerprint density at radius 1 is 1.07 bits per heavy atom. The highest BCUT2D eigenvalue weighted by atomic mass is 32.2. The maximum atomic E-state index is 11.9. The van der Waals surface area contributed by atoms with Crippen LogP contribution in [-0.2, 0) is 9.84 Å². The predicted molar refractivity (Wildman–Crippen MR) is 57.1 cm³/mol. The molecule has 1 heterocycles. The molecule has 14 heavy (non-hydrogen) atoms. The molecule has 1 aliphatic carbocycles. The van der Waals surface area contributed by atoms with Crippen molar-refractivity contribution in [2.75, 3.05) is 12.3 Å². The number of hydrogen-bond donors (Lipinski definition) is 1. The number of rotatable bonds is 3. The van der Waals surface area contributed by atoms with Gasteiger partial charge in [-0.1, -0.05) is 12.8 Å². The Hall–Kier alpha value is -0.0900. The van der Waals surface area contributed by atoms with E-state index in [1.807, 2.05) is 0 Å². The Morgan fingerprint density at radius 2 is 1.79 bits per heavy atom. The Bertz CT molecular complexity index is 274. The molecule has 1 N–H and O–H groups in total. The summed E-state index contributed by atoms with van der Waals surface area (Å²) < 4.78 is 23.9. The third-order valence-electron chi connectivity index (χ3n) is 3.41. The first kappa shape index (κ1) is 10.4. The van der Waals surface area contributed by atoms with Crippen molar-refractivity contribution in [3.8, 4) is 0 Å². The standard InChI is InChI=1S/C10H19NO2S/c12-14(13,10-5-1-2-6-10)8-9-4-3-7-11-9/h9-11H,1-8H2. The molecule has 0 aromatic rings. The molecule has 0 amide bonds. The van der Waals surface area contributed by atoms with Crippen molar-refractivity contribution >= 4 is 9.84 Å². The first-order valence-corrected chi connectivity index (χ1v) is 7.35. The third kappa shape index (κ3) is 2.28. The molecule has 0 spiro atoms. The highest BCUT2D eigenvalue weighted by Gasteiger charge is 2.31. The first-order valence-electron chi connectivity index (χ1n) is 5.63. The lowest BCUT2D eigenvalue weighted by molar-refractivity contribution is 0.562. The highest BCUT2D eigenvalue weighted by molar-refractivity contribution is 7.92. The summed E-state index contributed by atoms with van der Waals surface area (Å²) in [5.74, 6) is 0.373. The summed E-state index contributed by atoms with van der Waals surface area (Å²) in [6.45, 7) is 0.991. The van der Waals surface area contributed by atoms with E-state index in [0.717, 1.165) is 45.1 Å². The molecule has 1 atom stereocenters. The summed E-state index contributed by atoms with van der Waals surface area (Å²) in [5.41, 5.74) is 0. The van der Waals surface area contributed by atoms with Crippen molar-refractivity contribution < 1.29 is 8.42 Å². The lowest BCUT2D eigenvalue weighted by Gasteiger charge is -2.15. The summed E-state index contributed by atoms with van der Waals surface area (Å²) in [7, 11) is -2.81. The van der Waals surface area contributed by atoms with E-state index in [9.17, 15) is 8.42 Å². The smallest absolute Gasteiger partial charge is 0.154 e. The molecule has 4 heteroatoms. The second kappa shape index (κ2) is 4.19. The second-order valence-corrected chi connectivity index (χ2v) is 6.85. The number of hydrogen-bond acceptors (Lipinski definition) is 3. The highest BCUT2D eigenvalue weighted by Crippen LogP contribution is 2.26. The summed E-state index contributed by atoms with van der Waals surface area (Å²) in [4.78, 5) is 0. The molecule has 3 nitrogen and oxygen atoms in total. The molecule has 2 fully saturated rings. The third-order valence-corrected chi connectivity index (χ3v) is 5.76. The maximum absolute atomic E-state index is 11.9. The van der Waals surface area contributed by atoms with E-state index in [1.54, 1.807) is 0 Å². The summed E-state index contributed by atoms with van der Waals surface area (Å²) in [5, 5.41) is 3.23. The average Bonchev–Trinajstić information content (AvgIpc) is 2.71. The summed E-state index contributed by atoms with van der Waals surface area (Å²) in [6, 6.07) is 0.237. The van der Waals surface area contributed by atoms with Gasteiger partial charge in [0.15, 0.2) is 9.84 Å². The SMILES string of the molecule is O=S(=O)(CC1CCCN1)C1CCCC1. The van der Waals surface area contributed by atoms with Gasteiger partial charge in [-0.05, 0) is 32.2 Å². The normalized spacial score (nSPS) is 29.9. The van der Waals surface area contributed by atoms with Crippen LogP contribution in [0.5, 0.6) is 0 Å². The van der Waals surface area contributed by atoms with Gasteiger partial charge in [0.1, 0.15) is 0 Å². The molecule has 0 bridgehead atoms. The minimum Gasteiger partial charge on any atom is -0.313 e. The fraction of sp³-hybridized carbons (Fsp3) is 1.00. The topological polar surface area (TPSA) is 46.2 Å². The molecule has 1 saturated carbocycles. The zero-order chi connectivity index (χ0) is 10.0. The van der Waals surface area contributed by atoms with Crippen LogP contribution in [-0.4, -0.2) is 32.0 Å². The second-order valence-electron chi connectivity index (χ2n) is 4.53. The Labute approximate surface area is 86.2 Å². The van der Waals surface area contributed by atoms with Gasteiger partial charge in [0.2, 0.25) is 0 Å². The van der Waals surface area contributed by atoms with Crippen LogP contribution in [0.2, 0.25) is 0 Å². The van der Waals surface area contributed by atoms with Crippen LogP contribution in [0.4, 0.5) is 0 Å². The van der Waals surface area contributed by atoms with Crippen molar-refractivity contribution in [3.05, 3.63) is 0 Å². The molecule has 2 aliphatic rings. The minimum absolute atomic E-state index is 0.0232. The quantitative estimate of drug-likeness (QED) is 0.770. The molecule has 82 valence electrons. The maximum Gasteiger partial charge on any atom is 0.154 e. The van der Waals surface area contributed by atoms with Crippen molar-refractivity contribution in [2.45, 2.75) is 49.8 Å². The fourth-order valence-electron chi connectivity index (χ4n) is 2.56. The van der Waals surface area contributed by atoms with Gasteiger partial charge in [-0.15, -0.1) is 0 Å². The van der Waals surface area contributed by atoms with Crippen LogP contribution < -0.4 is 5.32 Å². The van der Waals surface area contributed by atoms with Crippen LogP contribution >= 0.6 is 0 Å². The van der Waals surface area contributed by atoms with E-state index in [4.69, 9.17) is 0 Å². The Kier molecular flexibility index (Phi) is 3.12. The summed E-state index contributed by atoms with van der Waals surface area (Å²) in [6.07, 6.45) is 6.16. The summed E-state index contributed by atoms with van der Waals surface area (Å²) >= 11 is 0. The van der Waals surface area contributed by atoms with Gasteiger partial charge < -0.3 is 5.32 Å². The van der Waals surface area contributed by atoms with E-state index in [0.29, 0.717) is 5.75 Å². The molecule has 0 aromatic heterocycles. The van der Waals surface area contributed by atoms with Gasteiger partial charge in [-0.3, -0.25) is 0 Å². The van der Waals surface area contributed by atoms with Crippen LogP contribution in [0.25, 0.3) is 0 Å². The molecule has 1 aliphatic heterocycles. The van der Waals surface area contributed by atoms with Crippen molar-refractivity contribution in [3.63, 3.8) is 0 Å². The molecule has 0 aromatic carbocycles. The van der Waals surface area contributed by atoms with Crippen LogP contribution in [0, 0.1) is 0 Å². The van der Waals surface area contributed by atoms with Crippen molar-refractivity contribution in [1.29, 1.82) is 0 Å². The van der Waals surface area contributed by atoms with E-state index in [2.05, 4.69) is 5.32 Å². The number of nitrogens with one attached hydrogen (secondary N) is 1. The van der Waals surface area contributed by atoms with Crippen LogP contribution in [0.15, 0.2) is 0 Å². The van der Waals surface area contributed by atoms with E-state index < -0.39 is 9.84 Å². The average molecular weight is 217 g/mol. The lowest BCUT2D eigenvalue weighted by atomic mass is 10.3. The molecular weight excluding hydrogens is 198 g/mol. The lowest BCUT2D eigenvalue weighted by Crippen LogP contribution is -2.34. The zero-order valence-corrected chi connectivity index (χ0v) is 9.35. The van der Waals surface area contributed by atoms with E-state index in [1.165, 1.54) is 0 Å². The van der Waals surface area contributed by atoms with E-state index in [-0.39, 0.29) is 11.3 Å². The predicted octanol–water partition coefficient (Wildman–Crippen LogP) is 1.10. The van der Waals surface area contributed by atoms with Gasteiger partial charge in [0, 0.05) is 6.04 Å². The fourth-order valence-corrected chi connectivity index (χ4v) is 4.73. The van der Waals surface area contributed by atoms with Gasteiger partial charge in [0.25, 0.3) is 0 Å². The molecule has 1 unspecified atom stereocenters.